The molecule has 0 amide bonds. The molecule has 0 fully saturated rings. The Balaban J connectivity index is 1.81. The summed E-state index contributed by atoms with van der Waals surface area (Å²) >= 11 is 0. The second-order valence-electron chi connectivity index (χ2n) is 4.78. The lowest BCUT2D eigenvalue weighted by molar-refractivity contribution is 0.975. The Labute approximate surface area is 122 Å². The molecule has 0 bridgehead atoms. The van der Waals surface area contributed by atoms with Crippen molar-refractivity contribution in [3.63, 3.8) is 0 Å². The van der Waals surface area contributed by atoms with Crippen molar-refractivity contribution >= 4 is 17.5 Å². The Kier molecular flexibility index (Phi) is 3.27. The van der Waals surface area contributed by atoms with Gasteiger partial charge in [-0.3, -0.25) is 0 Å². The highest BCUT2D eigenvalue weighted by Gasteiger charge is 2.03. The van der Waals surface area contributed by atoms with Crippen LogP contribution in [0.15, 0.2) is 42.9 Å². The zero-order valence-corrected chi connectivity index (χ0v) is 11.9. The Morgan fingerprint density at radius 2 is 1.86 bits per heavy atom. The van der Waals surface area contributed by atoms with Gasteiger partial charge in [-0.05, 0) is 38.1 Å². The highest BCUT2D eigenvalue weighted by atomic mass is 15.1. The van der Waals surface area contributed by atoms with Crippen LogP contribution in [0.25, 0.3) is 5.69 Å². The number of nitrogens with two attached hydrogens (primary N) is 1. The van der Waals surface area contributed by atoms with Gasteiger partial charge in [-0.1, -0.05) is 0 Å². The zero-order chi connectivity index (χ0) is 14.8. The highest BCUT2D eigenvalue weighted by molar-refractivity contribution is 5.57. The maximum absolute atomic E-state index is 5.78. The van der Waals surface area contributed by atoms with Gasteiger partial charge in [0.05, 0.1) is 0 Å². The lowest BCUT2D eigenvalue weighted by atomic mass is 10.2. The van der Waals surface area contributed by atoms with Crippen molar-refractivity contribution in [2.45, 2.75) is 13.8 Å². The Hall–Kier alpha value is -2.89. The van der Waals surface area contributed by atoms with Crippen LogP contribution in [-0.4, -0.2) is 19.5 Å². The van der Waals surface area contributed by atoms with Gasteiger partial charge in [-0.25, -0.2) is 9.97 Å². The van der Waals surface area contributed by atoms with Gasteiger partial charge in [0.2, 0.25) is 5.95 Å². The molecule has 106 valence electrons. The first-order valence-corrected chi connectivity index (χ1v) is 6.60. The number of hydrogen-bond acceptors (Lipinski definition) is 5. The van der Waals surface area contributed by atoms with Crippen LogP contribution in [0.3, 0.4) is 0 Å². The number of nitrogens with zero attached hydrogens (tertiary/aromatic N) is 4. The first-order valence-electron chi connectivity index (χ1n) is 6.60. The van der Waals surface area contributed by atoms with Crippen LogP contribution in [-0.2, 0) is 0 Å². The summed E-state index contributed by atoms with van der Waals surface area (Å²) in [5.41, 5.74) is 8.60. The molecule has 0 atom stereocenters. The van der Waals surface area contributed by atoms with E-state index in [0.717, 1.165) is 22.8 Å². The molecule has 0 aliphatic carbocycles. The number of aromatic nitrogens is 4. The molecule has 0 aliphatic rings. The van der Waals surface area contributed by atoms with E-state index in [4.69, 9.17) is 5.73 Å². The molecule has 2 aromatic heterocycles. The van der Waals surface area contributed by atoms with Crippen molar-refractivity contribution in [3.05, 3.63) is 54.2 Å². The standard InChI is InChI=1S/C15H16N6/c1-10-9-18-15(20-14(10)16)19-12-3-5-13(6-4-12)21-8-7-17-11(21)2/h3-9H,1-2H3,(H3,16,18,19,20). The molecule has 6 heteroatoms. The fourth-order valence-electron chi connectivity index (χ4n) is 2.00. The molecule has 3 N–H and O–H groups in total. The van der Waals surface area contributed by atoms with Gasteiger partial charge >= 0.3 is 0 Å². The zero-order valence-electron chi connectivity index (χ0n) is 11.9. The normalized spacial score (nSPS) is 10.6. The summed E-state index contributed by atoms with van der Waals surface area (Å²) < 4.78 is 2.02. The Morgan fingerprint density at radius 3 is 2.48 bits per heavy atom. The number of anilines is 3. The van der Waals surface area contributed by atoms with Crippen LogP contribution in [0.5, 0.6) is 0 Å². The first-order chi connectivity index (χ1) is 10.1. The molecule has 3 rings (SSSR count). The summed E-state index contributed by atoms with van der Waals surface area (Å²) in [6, 6.07) is 7.95. The Morgan fingerprint density at radius 1 is 1.10 bits per heavy atom. The molecular weight excluding hydrogens is 264 g/mol. The minimum Gasteiger partial charge on any atom is -0.383 e. The minimum atomic E-state index is 0.484. The van der Waals surface area contributed by atoms with E-state index < -0.39 is 0 Å². The summed E-state index contributed by atoms with van der Waals surface area (Å²) in [6.45, 7) is 3.84. The molecule has 0 saturated heterocycles. The van der Waals surface area contributed by atoms with Gasteiger partial charge in [0.1, 0.15) is 11.6 Å². The predicted molar refractivity (Wildman–Crippen MR) is 82.8 cm³/mol. The second kappa shape index (κ2) is 5.24. The fourth-order valence-corrected chi connectivity index (χ4v) is 2.00. The average molecular weight is 280 g/mol. The molecule has 0 unspecified atom stereocenters. The SMILES string of the molecule is Cc1cnc(Nc2ccc(-n3ccnc3C)cc2)nc1N. The van der Waals surface area contributed by atoms with Crippen LogP contribution in [0, 0.1) is 13.8 Å². The predicted octanol–water partition coefficient (Wildman–Crippen LogP) is 2.60. The van der Waals surface area contributed by atoms with Crippen molar-refractivity contribution in [1.82, 2.24) is 19.5 Å². The maximum Gasteiger partial charge on any atom is 0.229 e. The average Bonchev–Trinajstić information content (AvgIpc) is 2.90. The molecule has 0 spiro atoms. The third kappa shape index (κ3) is 2.69. The van der Waals surface area contributed by atoms with Crippen molar-refractivity contribution in [1.29, 1.82) is 0 Å². The highest BCUT2D eigenvalue weighted by Crippen LogP contribution is 2.18. The molecule has 0 radical (unpaired) electrons. The van der Waals surface area contributed by atoms with E-state index in [1.54, 1.807) is 12.4 Å². The first kappa shape index (κ1) is 13.1. The van der Waals surface area contributed by atoms with E-state index >= 15 is 0 Å². The van der Waals surface area contributed by atoms with Gasteiger partial charge < -0.3 is 15.6 Å². The van der Waals surface area contributed by atoms with Crippen molar-refractivity contribution < 1.29 is 0 Å². The minimum absolute atomic E-state index is 0.484. The van der Waals surface area contributed by atoms with Crippen LogP contribution >= 0.6 is 0 Å². The van der Waals surface area contributed by atoms with E-state index in [9.17, 15) is 0 Å². The van der Waals surface area contributed by atoms with Crippen molar-refractivity contribution in [2.75, 3.05) is 11.1 Å². The van der Waals surface area contributed by atoms with E-state index in [1.807, 2.05) is 48.9 Å². The summed E-state index contributed by atoms with van der Waals surface area (Å²) in [7, 11) is 0. The monoisotopic (exact) mass is 280 g/mol. The molecule has 2 heterocycles. The van der Waals surface area contributed by atoms with Gasteiger partial charge in [0.15, 0.2) is 0 Å². The quantitative estimate of drug-likeness (QED) is 0.770. The molecule has 1 aromatic carbocycles. The van der Waals surface area contributed by atoms with Gasteiger partial charge in [-0.15, -0.1) is 0 Å². The lowest BCUT2D eigenvalue weighted by Gasteiger charge is -2.08. The third-order valence-electron chi connectivity index (χ3n) is 3.24. The molecule has 0 saturated carbocycles. The van der Waals surface area contributed by atoms with Gasteiger partial charge in [0, 0.05) is 35.5 Å². The van der Waals surface area contributed by atoms with Crippen LogP contribution in [0.4, 0.5) is 17.5 Å². The summed E-state index contributed by atoms with van der Waals surface area (Å²) in [4.78, 5) is 12.6. The molecule has 3 aromatic rings. The number of nitrogens with one attached hydrogen (secondary N) is 1. The number of rotatable bonds is 3. The van der Waals surface area contributed by atoms with Crippen LogP contribution < -0.4 is 11.1 Å². The third-order valence-corrected chi connectivity index (χ3v) is 3.24. The number of imidazole rings is 1. The molecule has 21 heavy (non-hydrogen) atoms. The number of aryl methyl sites for hydroxylation is 2. The lowest BCUT2D eigenvalue weighted by Crippen LogP contribution is -2.02. The summed E-state index contributed by atoms with van der Waals surface area (Å²) in [5, 5.41) is 3.13. The number of benzene rings is 1. The number of nitrogen functional groups attached to an aromatic ring is 1. The van der Waals surface area contributed by atoms with Gasteiger partial charge in [0.25, 0.3) is 0 Å². The van der Waals surface area contributed by atoms with E-state index in [-0.39, 0.29) is 0 Å². The van der Waals surface area contributed by atoms with Crippen molar-refractivity contribution in [2.24, 2.45) is 0 Å². The smallest absolute Gasteiger partial charge is 0.229 e. The van der Waals surface area contributed by atoms with Gasteiger partial charge in [-0.2, -0.15) is 4.98 Å². The summed E-state index contributed by atoms with van der Waals surface area (Å²) in [6.07, 6.45) is 5.42. The second-order valence-corrected chi connectivity index (χ2v) is 4.78. The number of hydrogen-bond donors (Lipinski definition) is 2. The van der Waals surface area contributed by atoms with Crippen LogP contribution in [0.1, 0.15) is 11.4 Å². The summed E-state index contributed by atoms with van der Waals surface area (Å²) in [5.74, 6) is 1.92. The molecular formula is C15H16N6. The molecule has 0 aliphatic heterocycles. The van der Waals surface area contributed by atoms with E-state index in [2.05, 4.69) is 20.3 Å². The topological polar surface area (TPSA) is 81.7 Å². The van der Waals surface area contributed by atoms with Crippen molar-refractivity contribution in [3.8, 4) is 5.69 Å². The van der Waals surface area contributed by atoms with E-state index in [0.29, 0.717) is 11.8 Å². The van der Waals surface area contributed by atoms with Crippen LogP contribution in [0.2, 0.25) is 0 Å². The van der Waals surface area contributed by atoms with E-state index in [1.165, 1.54) is 0 Å². The molecule has 6 nitrogen and oxygen atoms in total. The largest absolute Gasteiger partial charge is 0.383 e. The maximum atomic E-state index is 5.78. The fraction of sp³-hybridized carbons (Fsp3) is 0.133. The Bertz CT molecular complexity index is 760.